The van der Waals surface area contributed by atoms with Gasteiger partial charge in [-0.2, -0.15) is 8.78 Å². The number of sulfone groups is 1. The first kappa shape index (κ1) is 17.5. The minimum Gasteiger partial charge on any atom is -0.325 e. The summed E-state index contributed by atoms with van der Waals surface area (Å²) in [4.78, 5) is 11.2. The Morgan fingerprint density at radius 3 is 2.33 bits per heavy atom. The topological polar surface area (TPSA) is 89.3 Å². The Bertz CT molecular complexity index is 574. The molecule has 0 aliphatic heterocycles. The van der Waals surface area contributed by atoms with Crippen molar-refractivity contribution in [1.29, 1.82) is 0 Å². The fourth-order valence-electron chi connectivity index (χ4n) is 1.62. The molecule has 1 aromatic carbocycles. The van der Waals surface area contributed by atoms with Gasteiger partial charge in [-0.3, -0.25) is 4.79 Å². The molecule has 0 aliphatic carbocycles. The zero-order valence-electron chi connectivity index (χ0n) is 11.6. The van der Waals surface area contributed by atoms with Crippen molar-refractivity contribution in [3.05, 3.63) is 24.3 Å². The predicted octanol–water partition coefficient (Wildman–Crippen LogP) is 2.14. The molecule has 8 heteroatoms. The molecule has 0 aliphatic rings. The van der Waals surface area contributed by atoms with E-state index in [9.17, 15) is 22.0 Å². The summed E-state index contributed by atoms with van der Waals surface area (Å²) in [7, 11) is -4.62. The fourth-order valence-corrected chi connectivity index (χ4v) is 2.34. The number of amides is 1. The summed E-state index contributed by atoms with van der Waals surface area (Å²) in [6.07, 6.45) is 2.28. The number of benzene rings is 1. The molecule has 3 N–H and O–H groups in total. The van der Waals surface area contributed by atoms with Crippen LogP contribution in [0, 0.1) is 0 Å². The lowest BCUT2D eigenvalue weighted by Crippen LogP contribution is -2.35. The Kier molecular flexibility index (Phi) is 6.22. The first-order chi connectivity index (χ1) is 9.78. The number of carbonyl (C=O) groups excluding carboxylic acids is 1. The van der Waals surface area contributed by atoms with Crippen molar-refractivity contribution >= 4 is 21.4 Å². The first-order valence-electron chi connectivity index (χ1n) is 6.47. The molecular weight excluding hydrogens is 302 g/mol. The van der Waals surface area contributed by atoms with Gasteiger partial charge in [-0.1, -0.05) is 19.8 Å². The van der Waals surface area contributed by atoms with E-state index in [0.717, 1.165) is 25.0 Å². The Hall–Kier alpha value is -1.54. The molecule has 0 radical (unpaired) electrons. The van der Waals surface area contributed by atoms with Crippen LogP contribution < -0.4 is 11.1 Å². The Morgan fingerprint density at radius 1 is 1.29 bits per heavy atom. The quantitative estimate of drug-likeness (QED) is 0.805. The van der Waals surface area contributed by atoms with E-state index in [2.05, 4.69) is 5.32 Å². The molecule has 1 unspecified atom stereocenters. The highest BCUT2D eigenvalue weighted by Gasteiger charge is 2.26. The van der Waals surface area contributed by atoms with E-state index >= 15 is 0 Å². The SMILES string of the molecule is CCCCC(N)C(=O)Nc1ccc(S(=O)(=O)C(F)F)cc1. The zero-order chi connectivity index (χ0) is 16.0. The van der Waals surface area contributed by atoms with E-state index in [-0.39, 0.29) is 0 Å². The number of anilines is 1. The van der Waals surface area contributed by atoms with Gasteiger partial charge in [0.1, 0.15) is 0 Å². The molecular formula is C13H18F2N2O3S. The summed E-state index contributed by atoms with van der Waals surface area (Å²) in [5, 5.41) is 2.51. The molecule has 118 valence electrons. The van der Waals surface area contributed by atoms with Crippen molar-refractivity contribution in [2.75, 3.05) is 5.32 Å². The predicted molar refractivity (Wildman–Crippen MR) is 75.8 cm³/mol. The molecule has 0 saturated carbocycles. The highest BCUT2D eigenvalue weighted by atomic mass is 32.2. The third-order valence-electron chi connectivity index (χ3n) is 2.89. The fraction of sp³-hybridized carbons (Fsp3) is 0.462. The van der Waals surface area contributed by atoms with E-state index in [4.69, 9.17) is 5.73 Å². The summed E-state index contributed by atoms with van der Waals surface area (Å²) in [6.45, 7) is 1.98. The number of nitrogens with two attached hydrogens (primary N) is 1. The molecule has 5 nitrogen and oxygen atoms in total. The van der Waals surface area contributed by atoms with E-state index < -0.39 is 32.4 Å². The number of unbranched alkanes of at least 4 members (excludes halogenated alkanes) is 1. The van der Waals surface area contributed by atoms with Gasteiger partial charge in [-0.05, 0) is 30.7 Å². The van der Waals surface area contributed by atoms with Crippen molar-refractivity contribution in [3.63, 3.8) is 0 Å². The largest absolute Gasteiger partial charge is 0.341 e. The Labute approximate surface area is 122 Å². The van der Waals surface area contributed by atoms with Crippen molar-refractivity contribution in [3.8, 4) is 0 Å². The van der Waals surface area contributed by atoms with Gasteiger partial charge >= 0.3 is 5.76 Å². The van der Waals surface area contributed by atoms with Gasteiger partial charge in [0.15, 0.2) is 0 Å². The minimum atomic E-state index is -4.62. The third-order valence-corrected chi connectivity index (χ3v) is 4.29. The number of nitrogens with one attached hydrogen (secondary N) is 1. The van der Waals surface area contributed by atoms with Crippen molar-refractivity contribution in [1.82, 2.24) is 0 Å². The molecule has 0 aromatic heterocycles. The maximum Gasteiger partial charge on any atom is 0.341 e. The van der Waals surface area contributed by atoms with Crippen LogP contribution in [0.5, 0.6) is 0 Å². The minimum absolute atomic E-state index is 0.306. The second kappa shape index (κ2) is 7.46. The normalized spacial score (nSPS) is 13.2. The van der Waals surface area contributed by atoms with Gasteiger partial charge in [0.05, 0.1) is 10.9 Å². The monoisotopic (exact) mass is 320 g/mol. The molecule has 0 heterocycles. The summed E-state index contributed by atoms with van der Waals surface area (Å²) in [5.41, 5.74) is 5.99. The summed E-state index contributed by atoms with van der Waals surface area (Å²) in [5.74, 6) is -3.87. The molecule has 1 atom stereocenters. The standard InChI is InChI=1S/C13H18F2N2O3S/c1-2-3-4-11(16)12(18)17-9-5-7-10(8-6-9)21(19,20)13(14)15/h5-8,11,13H,2-4,16H2,1H3,(H,17,18). The highest BCUT2D eigenvalue weighted by molar-refractivity contribution is 7.91. The summed E-state index contributed by atoms with van der Waals surface area (Å²) < 4.78 is 47.2. The lowest BCUT2D eigenvalue weighted by molar-refractivity contribution is -0.117. The van der Waals surface area contributed by atoms with Crippen LogP contribution in [0.1, 0.15) is 26.2 Å². The number of hydrogen-bond acceptors (Lipinski definition) is 4. The van der Waals surface area contributed by atoms with Gasteiger partial charge in [0, 0.05) is 5.69 Å². The lowest BCUT2D eigenvalue weighted by Gasteiger charge is -2.12. The van der Waals surface area contributed by atoms with E-state index in [1.54, 1.807) is 0 Å². The Morgan fingerprint density at radius 2 is 1.86 bits per heavy atom. The number of halogens is 2. The van der Waals surface area contributed by atoms with Crippen LogP contribution in [0.15, 0.2) is 29.2 Å². The van der Waals surface area contributed by atoms with Crippen molar-refractivity contribution in [2.45, 2.75) is 42.9 Å². The number of hydrogen-bond donors (Lipinski definition) is 2. The number of rotatable bonds is 7. The maximum atomic E-state index is 12.4. The molecule has 1 aromatic rings. The maximum absolute atomic E-state index is 12.4. The van der Waals surface area contributed by atoms with Crippen LogP contribution in [0.2, 0.25) is 0 Å². The number of alkyl halides is 2. The molecule has 1 rings (SSSR count). The number of carbonyl (C=O) groups is 1. The smallest absolute Gasteiger partial charge is 0.325 e. The van der Waals surface area contributed by atoms with Crippen molar-refractivity contribution in [2.24, 2.45) is 5.73 Å². The first-order valence-corrected chi connectivity index (χ1v) is 8.02. The molecule has 0 spiro atoms. The van der Waals surface area contributed by atoms with Crippen molar-refractivity contribution < 1.29 is 22.0 Å². The molecule has 0 saturated heterocycles. The van der Waals surface area contributed by atoms with E-state index in [1.165, 1.54) is 12.1 Å². The molecule has 1 amide bonds. The van der Waals surface area contributed by atoms with Gasteiger partial charge in [0.2, 0.25) is 15.7 Å². The summed E-state index contributed by atoms with van der Waals surface area (Å²) >= 11 is 0. The molecule has 0 fully saturated rings. The summed E-state index contributed by atoms with van der Waals surface area (Å²) in [6, 6.07) is 3.89. The van der Waals surface area contributed by atoms with Gasteiger partial charge in [-0.15, -0.1) is 0 Å². The molecule has 21 heavy (non-hydrogen) atoms. The third kappa shape index (κ3) is 4.75. The lowest BCUT2D eigenvalue weighted by atomic mass is 10.1. The Balaban J connectivity index is 2.74. The van der Waals surface area contributed by atoms with Crippen LogP contribution in [-0.2, 0) is 14.6 Å². The average molecular weight is 320 g/mol. The van der Waals surface area contributed by atoms with Gasteiger partial charge in [0.25, 0.3) is 0 Å². The van der Waals surface area contributed by atoms with E-state index in [1.807, 2.05) is 6.92 Å². The van der Waals surface area contributed by atoms with E-state index in [0.29, 0.717) is 12.1 Å². The second-order valence-corrected chi connectivity index (χ2v) is 6.49. The van der Waals surface area contributed by atoms with Gasteiger partial charge < -0.3 is 11.1 Å². The molecule has 0 bridgehead atoms. The second-order valence-electron chi connectivity index (χ2n) is 4.57. The zero-order valence-corrected chi connectivity index (χ0v) is 12.4. The van der Waals surface area contributed by atoms with Crippen LogP contribution in [-0.4, -0.2) is 26.1 Å². The van der Waals surface area contributed by atoms with Gasteiger partial charge in [-0.25, -0.2) is 8.42 Å². The highest BCUT2D eigenvalue weighted by Crippen LogP contribution is 2.20. The van der Waals surface area contributed by atoms with Crippen LogP contribution in [0.25, 0.3) is 0 Å². The van der Waals surface area contributed by atoms with Crippen LogP contribution in [0.3, 0.4) is 0 Å². The average Bonchev–Trinajstić information content (AvgIpc) is 2.45. The van der Waals surface area contributed by atoms with Crippen LogP contribution >= 0.6 is 0 Å². The van der Waals surface area contributed by atoms with Crippen LogP contribution in [0.4, 0.5) is 14.5 Å².